The molecule has 0 radical (unpaired) electrons. The SMILES string of the molecule is CCCCCOc1cc2ccc3cc(C(C)(C)C)cc4ccc(c1-c1cc(-c5ccccc5)c5ccc6cc(C(C)(C)C)cc7ccc1c5c67)c2c34. The molecule has 0 N–H and O–H groups in total. The molecule has 0 saturated carbocycles. The van der Waals surface area contributed by atoms with Gasteiger partial charge in [-0.1, -0.05) is 164 Å². The van der Waals surface area contributed by atoms with Crippen LogP contribution in [0, 0.1) is 0 Å². The molecule has 0 spiro atoms. The van der Waals surface area contributed by atoms with Gasteiger partial charge < -0.3 is 4.74 Å². The van der Waals surface area contributed by atoms with E-state index in [1.807, 2.05) is 0 Å². The molecule has 0 unspecified atom stereocenters. The Morgan fingerprint density at radius 3 is 1.52 bits per heavy atom. The maximum atomic E-state index is 6.90. The molecule has 258 valence electrons. The van der Waals surface area contributed by atoms with E-state index in [1.165, 1.54) is 104 Å². The van der Waals surface area contributed by atoms with Gasteiger partial charge in [-0.2, -0.15) is 0 Å². The van der Waals surface area contributed by atoms with Crippen LogP contribution in [0.25, 0.3) is 86.9 Å². The third-order valence-electron chi connectivity index (χ3n) is 11.5. The van der Waals surface area contributed by atoms with Crippen molar-refractivity contribution in [2.45, 2.75) is 78.6 Å². The molecule has 0 aliphatic rings. The van der Waals surface area contributed by atoms with Crippen LogP contribution < -0.4 is 4.74 Å². The Hall–Kier alpha value is -5.14. The van der Waals surface area contributed by atoms with Crippen LogP contribution >= 0.6 is 0 Å². The Kier molecular flexibility index (Phi) is 7.53. The van der Waals surface area contributed by atoms with Gasteiger partial charge in [0.15, 0.2) is 0 Å². The Bertz CT molecular complexity index is 2730. The molecule has 1 heteroatoms. The summed E-state index contributed by atoms with van der Waals surface area (Å²) in [6.07, 6.45) is 3.37. The summed E-state index contributed by atoms with van der Waals surface area (Å²) in [5.41, 5.74) is 7.79. The minimum atomic E-state index is 0.0597. The highest BCUT2D eigenvalue weighted by Gasteiger charge is 2.25. The van der Waals surface area contributed by atoms with Crippen molar-refractivity contribution in [3.05, 3.63) is 126 Å². The topological polar surface area (TPSA) is 9.23 Å². The molecular formula is C51H48O. The normalized spacial score (nSPS) is 12.8. The lowest BCUT2D eigenvalue weighted by Crippen LogP contribution is -2.11. The smallest absolute Gasteiger partial charge is 0.128 e. The van der Waals surface area contributed by atoms with Gasteiger partial charge in [-0.3, -0.25) is 0 Å². The Morgan fingerprint density at radius 2 is 0.962 bits per heavy atom. The van der Waals surface area contributed by atoms with Gasteiger partial charge in [0.1, 0.15) is 5.75 Å². The van der Waals surface area contributed by atoms with E-state index in [0.717, 1.165) is 18.6 Å². The van der Waals surface area contributed by atoms with Crippen LogP contribution in [-0.4, -0.2) is 6.61 Å². The second kappa shape index (κ2) is 12.0. The molecule has 9 aromatic carbocycles. The van der Waals surface area contributed by atoms with E-state index in [4.69, 9.17) is 4.74 Å². The number of benzene rings is 9. The molecule has 0 bridgehead atoms. The minimum absolute atomic E-state index is 0.0597. The summed E-state index contributed by atoms with van der Waals surface area (Å²) in [6.45, 7) is 16.8. The Balaban J connectivity index is 1.42. The van der Waals surface area contributed by atoms with Gasteiger partial charge in [0.05, 0.1) is 6.61 Å². The molecule has 0 saturated heterocycles. The molecule has 9 aromatic rings. The van der Waals surface area contributed by atoms with Crippen molar-refractivity contribution >= 4 is 64.6 Å². The van der Waals surface area contributed by atoms with Crippen LogP contribution in [0.4, 0.5) is 0 Å². The molecule has 0 fully saturated rings. The first-order valence-electron chi connectivity index (χ1n) is 19.2. The van der Waals surface area contributed by atoms with E-state index in [2.05, 4.69) is 164 Å². The summed E-state index contributed by atoms with van der Waals surface area (Å²) in [5.74, 6) is 0.974. The van der Waals surface area contributed by atoms with Crippen molar-refractivity contribution in [1.29, 1.82) is 0 Å². The molecule has 0 aromatic heterocycles. The Labute approximate surface area is 307 Å². The minimum Gasteiger partial charge on any atom is -0.493 e. The maximum absolute atomic E-state index is 6.90. The molecule has 9 rings (SSSR count). The van der Waals surface area contributed by atoms with Crippen molar-refractivity contribution < 1.29 is 4.74 Å². The number of hydrogen-bond donors (Lipinski definition) is 0. The van der Waals surface area contributed by atoms with Crippen molar-refractivity contribution in [2.24, 2.45) is 0 Å². The summed E-state index contributed by atoms with van der Waals surface area (Å²) >= 11 is 0. The van der Waals surface area contributed by atoms with Crippen LogP contribution in [0.15, 0.2) is 115 Å². The lowest BCUT2D eigenvalue weighted by atomic mass is 9.80. The fourth-order valence-corrected chi connectivity index (χ4v) is 8.64. The predicted molar refractivity (Wildman–Crippen MR) is 227 cm³/mol. The largest absolute Gasteiger partial charge is 0.493 e. The standard InChI is InChI=1S/C51H48O/c1-8-9-13-24-52-44-29-36-17-16-32-25-37(50(2,3)4)26-33-20-23-41(47(36)45(32)33)48(44)43-30-42(31-14-11-10-12-15-31)39-21-18-34-27-38(51(5,6)7)28-35-19-22-40(43)49(39)46(34)35/h10-12,14-23,25-30H,8-9,13,24H2,1-7H3. The molecular weight excluding hydrogens is 629 g/mol. The maximum Gasteiger partial charge on any atom is 0.128 e. The van der Waals surface area contributed by atoms with Gasteiger partial charge in [0.2, 0.25) is 0 Å². The van der Waals surface area contributed by atoms with E-state index in [1.54, 1.807) is 0 Å². The second-order valence-electron chi connectivity index (χ2n) is 17.1. The highest BCUT2D eigenvalue weighted by molar-refractivity contribution is 6.31. The van der Waals surface area contributed by atoms with Crippen LogP contribution in [-0.2, 0) is 10.8 Å². The average molecular weight is 677 g/mol. The first-order valence-corrected chi connectivity index (χ1v) is 19.2. The first-order chi connectivity index (χ1) is 25.0. The third kappa shape index (κ3) is 5.20. The van der Waals surface area contributed by atoms with Gasteiger partial charge in [-0.15, -0.1) is 0 Å². The van der Waals surface area contributed by atoms with Crippen LogP contribution in [0.1, 0.15) is 78.9 Å². The monoisotopic (exact) mass is 676 g/mol. The second-order valence-corrected chi connectivity index (χ2v) is 17.1. The van der Waals surface area contributed by atoms with Crippen molar-refractivity contribution in [2.75, 3.05) is 6.61 Å². The summed E-state index contributed by atoms with van der Waals surface area (Å²) < 4.78 is 6.90. The zero-order chi connectivity index (χ0) is 35.9. The highest BCUT2D eigenvalue weighted by atomic mass is 16.5. The van der Waals surface area contributed by atoms with Crippen molar-refractivity contribution in [3.63, 3.8) is 0 Å². The van der Waals surface area contributed by atoms with E-state index < -0.39 is 0 Å². The molecule has 0 heterocycles. The first kappa shape index (κ1) is 32.7. The predicted octanol–water partition coefficient (Wildman–Crippen LogP) is 15.0. The van der Waals surface area contributed by atoms with Crippen LogP contribution in [0.5, 0.6) is 5.75 Å². The third-order valence-corrected chi connectivity index (χ3v) is 11.5. The average Bonchev–Trinajstić information content (AvgIpc) is 3.13. The molecule has 0 atom stereocenters. The zero-order valence-electron chi connectivity index (χ0n) is 31.7. The van der Waals surface area contributed by atoms with Gasteiger partial charge in [0, 0.05) is 5.56 Å². The summed E-state index contributed by atoms with van der Waals surface area (Å²) in [5, 5.41) is 15.6. The van der Waals surface area contributed by atoms with E-state index in [0.29, 0.717) is 6.61 Å². The molecule has 0 aliphatic carbocycles. The summed E-state index contributed by atoms with van der Waals surface area (Å²) in [6, 6.07) is 44.2. The molecule has 52 heavy (non-hydrogen) atoms. The van der Waals surface area contributed by atoms with Gasteiger partial charge in [-0.05, 0) is 122 Å². The van der Waals surface area contributed by atoms with Crippen molar-refractivity contribution in [1.82, 2.24) is 0 Å². The fraction of sp³-hybridized carbons (Fsp3) is 0.255. The van der Waals surface area contributed by atoms with E-state index in [9.17, 15) is 0 Å². The Morgan fingerprint density at radius 1 is 0.462 bits per heavy atom. The van der Waals surface area contributed by atoms with Crippen molar-refractivity contribution in [3.8, 4) is 28.0 Å². The summed E-state index contributed by atoms with van der Waals surface area (Å²) in [4.78, 5) is 0. The van der Waals surface area contributed by atoms with E-state index >= 15 is 0 Å². The zero-order valence-corrected chi connectivity index (χ0v) is 31.7. The number of rotatable bonds is 7. The van der Waals surface area contributed by atoms with Crippen LogP contribution in [0.3, 0.4) is 0 Å². The quantitative estimate of drug-likeness (QED) is 0.121. The number of unbranched alkanes of at least 4 members (excludes halogenated alkanes) is 2. The summed E-state index contributed by atoms with van der Waals surface area (Å²) in [7, 11) is 0. The van der Waals surface area contributed by atoms with Gasteiger partial charge in [-0.25, -0.2) is 0 Å². The number of hydrogen-bond acceptors (Lipinski definition) is 1. The fourth-order valence-electron chi connectivity index (χ4n) is 8.64. The molecule has 0 amide bonds. The van der Waals surface area contributed by atoms with Gasteiger partial charge in [0.25, 0.3) is 0 Å². The highest BCUT2D eigenvalue weighted by Crippen LogP contribution is 2.51. The molecule has 1 nitrogen and oxygen atoms in total. The van der Waals surface area contributed by atoms with E-state index in [-0.39, 0.29) is 10.8 Å². The van der Waals surface area contributed by atoms with Gasteiger partial charge >= 0.3 is 0 Å². The lowest BCUT2D eigenvalue weighted by molar-refractivity contribution is 0.308. The number of ether oxygens (including phenoxy) is 1. The van der Waals surface area contributed by atoms with Crippen LogP contribution in [0.2, 0.25) is 0 Å². The molecule has 0 aliphatic heterocycles. The lowest BCUT2D eigenvalue weighted by Gasteiger charge is -2.25.